The summed E-state index contributed by atoms with van der Waals surface area (Å²) in [4.78, 5) is 18.6. The van der Waals surface area contributed by atoms with Crippen LogP contribution in [0, 0.1) is 0 Å². The number of benzene rings is 1. The van der Waals surface area contributed by atoms with Crippen LogP contribution in [0.15, 0.2) is 42.6 Å². The van der Waals surface area contributed by atoms with Gasteiger partial charge in [-0.2, -0.15) is 0 Å². The minimum atomic E-state index is -0.250. The minimum absolute atomic E-state index is 0.250. The zero-order valence-corrected chi connectivity index (χ0v) is 16.0. The molecule has 0 atom stereocenters. The van der Waals surface area contributed by atoms with E-state index in [1.54, 1.807) is 23.2 Å². The smallest absolute Gasteiger partial charge is 0.261 e. The molecule has 0 aliphatic carbocycles. The molecule has 26 heavy (non-hydrogen) atoms. The van der Waals surface area contributed by atoms with Crippen molar-refractivity contribution in [1.29, 1.82) is 0 Å². The lowest BCUT2D eigenvalue weighted by Crippen LogP contribution is -2.19. The van der Waals surface area contributed by atoms with Crippen LogP contribution < -0.4 is 10.2 Å². The Balaban J connectivity index is 1.77. The third-order valence-corrected chi connectivity index (χ3v) is 4.81. The summed E-state index contributed by atoms with van der Waals surface area (Å²) in [6.45, 7) is 4.32. The van der Waals surface area contributed by atoms with E-state index in [-0.39, 0.29) is 5.91 Å². The molecular weight excluding hydrogens is 346 g/mol. The zero-order chi connectivity index (χ0) is 18.7. The second kappa shape index (κ2) is 7.61. The monoisotopic (exact) mass is 367 g/mol. The van der Waals surface area contributed by atoms with Gasteiger partial charge in [0.1, 0.15) is 10.8 Å². The van der Waals surface area contributed by atoms with Gasteiger partial charge in [-0.05, 0) is 23.6 Å². The fourth-order valence-corrected chi connectivity index (χ4v) is 3.24. The van der Waals surface area contributed by atoms with E-state index in [1.165, 1.54) is 16.9 Å². The summed E-state index contributed by atoms with van der Waals surface area (Å²) in [5.41, 5.74) is 2.76. The van der Waals surface area contributed by atoms with Crippen molar-refractivity contribution >= 4 is 28.2 Å². The standard InChI is InChI=1S/C19H21N5OS/c1-12(2)13-7-9-14(10-8-13)18-22-23-19(26-18)21-17(25)15-6-5-11-20-16(15)24(3)4/h5-12H,1-4H3,(H,21,23,25). The molecule has 1 aromatic carbocycles. The SMILES string of the molecule is CC(C)c1ccc(-c2nnc(NC(=O)c3cccnc3N(C)C)s2)cc1. The van der Waals surface area contributed by atoms with Crippen LogP contribution >= 0.6 is 11.3 Å². The molecular formula is C19H21N5OS. The molecule has 0 aliphatic rings. The van der Waals surface area contributed by atoms with Crippen LogP contribution in [0.1, 0.15) is 35.7 Å². The largest absolute Gasteiger partial charge is 0.362 e. The van der Waals surface area contributed by atoms with E-state index in [4.69, 9.17) is 0 Å². The van der Waals surface area contributed by atoms with Gasteiger partial charge in [0.15, 0.2) is 0 Å². The Morgan fingerprint density at radius 1 is 1.12 bits per heavy atom. The van der Waals surface area contributed by atoms with Crippen LogP contribution in [0.25, 0.3) is 10.6 Å². The lowest BCUT2D eigenvalue weighted by atomic mass is 10.0. The first-order valence-corrected chi connectivity index (χ1v) is 9.15. The Labute approximate surface area is 156 Å². The number of anilines is 2. The Morgan fingerprint density at radius 3 is 2.50 bits per heavy atom. The molecule has 3 aromatic rings. The number of rotatable bonds is 5. The molecule has 0 saturated carbocycles. The quantitative estimate of drug-likeness (QED) is 0.737. The van der Waals surface area contributed by atoms with Gasteiger partial charge >= 0.3 is 0 Å². The van der Waals surface area contributed by atoms with Gasteiger partial charge in [0, 0.05) is 25.9 Å². The minimum Gasteiger partial charge on any atom is -0.362 e. The molecule has 2 heterocycles. The molecule has 0 saturated heterocycles. The molecule has 1 N–H and O–H groups in total. The number of aromatic nitrogens is 3. The summed E-state index contributed by atoms with van der Waals surface area (Å²) in [6, 6.07) is 11.7. The summed E-state index contributed by atoms with van der Waals surface area (Å²) in [6.07, 6.45) is 1.66. The summed E-state index contributed by atoms with van der Waals surface area (Å²) in [7, 11) is 3.70. The maximum atomic E-state index is 12.6. The van der Waals surface area contributed by atoms with Crippen molar-refractivity contribution in [2.45, 2.75) is 19.8 Å². The van der Waals surface area contributed by atoms with Crippen molar-refractivity contribution in [3.8, 4) is 10.6 Å². The summed E-state index contributed by atoms with van der Waals surface area (Å²) >= 11 is 1.35. The van der Waals surface area contributed by atoms with Gasteiger partial charge in [0.2, 0.25) is 5.13 Å². The first-order chi connectivity index (χ1) is 12.5. The fraction of sp³-hybridized carbons (Fsp3) is 0.263. The topological polar surface area (TPSA) is 71.0 Å². The van der Waals surface area contributed by atoms with Crippen LogP contribution in [-0.4, -0.2) is 35.2 Å². The maximum Gasteiger partial charge on any atom is 0.261 e. The third kappa shape index (κ3) is 3.88. The molecule has 7 heteroatoms. The van der Waals surface area contributed by atoms with Crippen molar-refractivity contribution in [3.05, 3.63) is 53.7 Å². The molecule has 0 unspecified atom stereocenters. The molecule has 2 aromatic heterocycles. The van der Waals surface area contributed by atoms with E-state index >= 15 is 0 Å². The Kier molecular flexibility index (Phi) is 5.27. The van der Waals surface area contributed by atoms with Crippen LogP contribution in [-0.2, 0) is 0 Å². The van der Waals surface area contributed by atoms with Gasteiger partial charge in [0.05, 0.1) is 5.56 Å². The molecule has 0 radical (unpaired) electrons. The Bertz CT molecular complexity index is 902. The van der Waals surface area contributed by atoms with Crippen molar-refractivity contribution in [2.75, 3.05) is 24.3 Å². The van der Waals surface area contributed by atoms with Crippen molar-refractivity contribution in [1.82, 2.24) is 15.2 Å². The number of amides is 1. The molecule has 0 spiro atoms. The lowest BCUT2D eigenvalue weighted by Gasteiger charge is -2.14. The number of hydrogen-bond acceptors (Lipinski definition) is 6. The van der Waals surface area contributed by atoms with Crippen molar-refractivity contribution < 1.29 is 4.79 Å². The van der Waals surface area contributed by atoms with Gasteiger partial charge in [-0.25, -0.2) is 4.98 Å². The zero-order valence-electron chi connectivity index (χ0n) is 15.2. The van der Waals surface area contributed by atoms with E-state index < -0.39 is 0 Å². The van der Waals surface area contributed by atoms with Crippen LogP contribution in [0.3, 0.4) is 0 Å². The fourth-order valence-electron chi connectivity index (χ4n) is 2.50. The highest BCUT2D eigenvalue weighted by atomic mass is 32.1. The highest BCUT2D eigenvalue weighted by molar-refractivity contribution is 7.18. The lowest BCUT2D eigenvalue weighted by molar-refractivity contribution is 0.102. The average molecular weight is 367 g/mol. The number of nitrogens with zero attached hydrogens (tertiary/aromatic N) is 4. The van der Waals surface area contributed by atoms with E-state index in [0.717, 1.165) is 10.6 Å². The molecule has 0 fully saturated rings. The van der Waals surface area contributed by atoms with Gasteiger partial charge < -0.3 is 4.90 Å². The van der Waals surface area contributed by atoms with Gasteiger partial charge in [-0.1, -0.05) is 49.4 Å². The summed E-state index contributed by atoms with van der Waals surface area (Å²) in [5.74, 6) is 0.845. The van der Waals surface area contributed by atoms with Gasteiger partial charge in [0.25, 0.3) is 5.91 Å². The number of pyridine rings is 1. The Hall–Kier alpha value is -2.80. The molecule has 0 aliphatic heterocycles. The van der Waals surface area contributed by atoms with E-state index in [9.17, 15) is 4.79 Å². The number of nitrogens with one attached hydrogen (secondary N) is 1. The van der Waals surface area contributed by atoms with Crippen LogP contribution in [0.2, 0.25) is 0 Å². The average Bonchev–Trinajstić information content (AvgIpc) is 3.10. The van der Waals surface area contributed by atoms with Crippen LogP contribution in [0.5, 0.6) is 0 Å². The highest BCUT2D eigenvalue weighted by Crippen LogP contribution is 2.28. The number of carbonyl (C=O) groups excluding carboxylic acids is 1. The molecule has 0 bridgehead atoms. The van der Waals surface area contributed by atoms with E-state index in [1.807, 2.05) is 26.2 Å². The second-order valence-electron chi connectivity index (χ2n) is 6.41. The number of hydrogen-bond donors (Lipinski definition) is 1. The number of carbonyl (C=O) groups is 1. The maximum absolute atomic E-state index is 12.6. The molecule has 1 amide bonds. The predicted molar refractivity (Wildman–Crippen MR) is 106 cm³/mol. The normalized spacial score (nSPS) is 10.8. The van der Waals surface area contributed by atoms with E-state index in [0.29, 0.717) is 22.4 Å². The highest BCUT2D eigenvalue weighted by Gasteiger charge is 2.16. The van der Waals surface area contributed by atoms with E-state index in [2.05, 4.69) is 46.5 Å². The van der Waals surface area contributed by atoms with Gasteiger partial charge in [-0.15, -0.1) is 10.2 Å². The van der Waals surface area contributed by atoms with Crippen molar-refractivity contribution in [3.63, 3.8) is 0 Å². The predicted octanol–water partition coefficient (Wildman–Crippen LogP) is 4.04. The molecule has 6 nitrogen and oxygen atoms in total. The van der Waals surface area contributed by atoms with Crippen molar-refractivity contribution in [2.24, 2.45) is 0 Å². The first kappa shape index (κ1) is 18.0. The summed E-state index contributed by atoms with van der Waals surface area (Å²) in [5, 5.41) is 12.3. The molecule has 3 rings (SSSR count). The Morgan fingerprint density at radius 2 is 1.85 bits per heavy atom. The molecule has 134 valence electrons. The second-order valence-corrected chi connectivity index (χ2v) is 7.39. The summed E-state index contributed by atoms with van der Waals surface area (Å²) < 4.78 is 0. The first-order valence-electron chi connectivity index (χ1n) is 8.33. The van der Waals surface area contributed by atoms with Crippen LogP contribution in [0.4, 0.5) is 10.9 Å². The van der Waals surface area contributed by atoms with Gasteiger partial charge in [-0.3, -0.25) is 10.1 Å². The third-order valence-electron chi connectivity index (χ3n) is 3.92.